The SMILES string of the molecule is CN(Cc1cn[nH]c1)C(=O)c1occc1-c1ccccc1. The third-order valence-electron chi connectivity index (χ3n) is 3.27. The number of furan rings is 1. The lowest BCUT2D eigenvalue weighted by molar-refractivity contribution is 0.0754. The number of hydrogen-bond donors (Lipinski definition) is 1. The first kappa shape index (κ1) is 13.2. The van der Waals surface area contributed by atoms with E-state index in [0.29, 0.717) is 12.3 Å². The summed E-state index contributed by atoms with van der Waals surface area (Å²) in [6, 6.07) is 11.5. The van der Waals surface area contributed by atoms with Gasteiger partial charge in [0.1, 0.15) is 0 Å². The van der Waals surface area contributed by atoms with Gasteiger partial charge in [0, 0.05) is 30.9 Å². The lowest BCUT2D eigenvalue weighted by atomic mass is 10.1. The molecule has 2 heterocycles. The molecule has 0 spiro atoms. The highest BCUT2D eigenvalue weighted by Gasteiger charge is 2.20. The molecule has 3 aromatic rings. The molecule has 0 saturated carbocycles. The summed E-state index contributed by atoms with van der Waals surface area (Å²) in [5.74, 6) is 0.201. The smallest absolute Gasteiger partial charge is 0.290 e. The summed E-state index contributed by atoms with van der Waals surface area (Å²) in [5, 5.41) is 6.61. The summed E-state index contributed by atoms with van der Waals surface area (Å²) in [6.45, 7) is 0.476. The van der Waals surface area contributed by atoms with Crippen LogP contribution in [0.5, 0.6) is 0 Å². The van der Waals surface area contributed by atoms with Gasteiger partial charge in [0.15, 0.2) is 5.76 Å². The molecule has 5 heteroatoms. The summed E-state index contributed by atoms with van der Waals surface area (Å²) in [6.07, 6.45) is 5.01. The Morgan fingerprint density at radius 2 is 2.10 bits per heavy atom. The predicted octanol–water partition coefficient (Wildman–Crippen LogP) is 2.94. The van der Waals surface area contributed by atoms with Crippen molar-refractivity contribution in [1.82, 2.24) is 15.1 Å². The van der Waals surface area contributed by atoms with Crippen LogP contribution in [-0.4, -0.2) is 28.1 Å². The summed E-state index contributed by atoms with van der Waals surface area (Å²) in [5.41, 5.74) is 2.71. The molecule has 3 rings (SSSR count). The Hall–Kier alpha value is -2.82. The van der Waals surface area contributed by atoms with Crippen LogP contribution in [0.1, 0.15) is 16.1 Å². The first-order valence-corrected chi connectivity index (χ1v) is 6.62. The lowest BCUT2D eigenvalue weighted by Crippen LogP contribution is -2.26. The Morgan fingerprint density at radius 1 is 1.29 bits per heavy atom. The molecule has 0 fully saturated rings. The van der Waals surface area contributed by atoms with Crippen molar-refractivity contribution in [3.63, 3.8) is 0 Å². The fraction of sp³-hybridized carbons (Fsp3) is 0.125. The standard InChI is InChI=1S/C16H15N3O2/c1-19(11-12-9-17-18-10-12)16(20)15-14(7-8-21-15)13-5-3-2-4-6-13/h2-10H,11H2,1H3,(H,17,18). The van der Waals surface area contributed by atoms with E-state index in [2.05, 4.69) is 10.2 Å². The van der Waals surface area contributed by atoms with E-state index in [-0.39, 0.29) is 5.91 Å². The van der Waals surface area contributed by atoms with Gasteiger partial charge in [-0.05, 0) is 11.6 Å². The average molecular weight is 281 g/mol. The van der Waals surface area contributed by atoms with Gasteiger partial charge in [-0.25, -0.2) is 0 Å². The summed E-state index contributed by atoms with van der Waals surface area (Å²) < 4.78 is 5.41. The molecule has 1 aromatic carbocycles. The van der Waals surface area contributed by atoms with Crippen LogP contribution in [0.3, 0.4) is 0 Å². The highest BCUT2D eigenvalue weighted by Crippen LogP contribution is 2.25. The molecule has 0 bridgehead atoms. The van der Waals surface area contributed by atoms with Crippen LogP contribution in [0, 0.1) is 0 Å². The fourth-order valence-corrected chi connectivity index (χ4v) is 2.20. The van der Waals surface area contributed by atoms with Gasteiger partial charge >= 0.3 is 0 Å². The quantitative estimate of drug-likeness (QED) is 0.799. The lowest BCUT2D eigenvalue weighted by Gasteiger charge is -2.15. The molecule has 0 aliphatic rings. The Bertz CT molecular complexity index is 717. The van der Waals surface area contributed by atoms with Crippen LogP contribution in [0.15, 0.2) is 59.5 Å². The van der Waals surface area contributed by atoms with E-state index in [1.165, 1.54) is 0 Å². The molecule has 5 nitrogen and oxygen atoms in total. The highest BCUT2D eigenvalue weighted by atomic mass is 16.3. The van der Waals surface area contributed by atoms with Crippen LogP contribution in [0.4, 0.5) is 0 Å². The maximum absolute atomic E-state index is 12.5. The van der Waals surface area contributed by atoms with Crippen molar-refractivity contribution >= 4 is 5.91 Å². The van der Waals surface area contributed by atoms with Gasteiger partial charge in [-0.3, -0.25) is 9.89 Å². The molecule has 1 N–H and O–H groups in total. The third kappa shape index (κ3) is 2.72. The molecule has 0 unspecified atom stereocenters. The van der Waals surface area contributed by atoms with Crippen LogP contribution >= 0.6 is 0 Å². The van der Waals surface area contributed by atoms with E-state index in [4.69, 9.17) is 4.42 Å². The number of nitrogens with one attached hydrogen (secondary N) is 1. The molecule has 0 aliphatic heterocycles. The van der Waals surface area contributed by atoms with Gasteiger partial charge in [0.2, 0.25) is 0 Å². The second-order valence-corrected chi connectivity index (χ2v) is 4.80. The first-order chi connectivity index (χ1) is 10.3. The molecular formula is C16H15N3O2. The number of amides is 1. The number of hydrogen-bond acceptors (Lipinski definition) is 3. The number of rotatable bonds is 4. The van der Waals surface area contributed by atoms with Crippen molar-refractivity contribution in [2.45, 2.75) is 6.54 Å². The van der Waals surface area contributed by atoms with Crippen LogP contribution in [0.25, 0.3) is 11.1 Å². The van der Waals surface area contributed by atoms with E-state index in [1.807, 2.05) is 36.4 Å². The largest absolute Gasteiger partial charge is 0.459 e. The zero-order valence-electron chi connectivity index (χ0n) is 11.6. The number of aromatic nitrogens is 2. The van der Waals surface area contributed by atoms with Gasteiger partial charge in [0.05, 0.1) is 12.5 Å². The summed E-state index contributed by atoms with van der Waals surface area (Å²) >= 11 is 0. The number of carbonyl (C=O) groups excluding carboxylic acids is 1. The van der Waals surface area contributed by atoms with Crippen molar-refractivity contribution in [2.75, 3.05) is 7.05 Å². The maximum atomic E-state index is 12.5. The third-order valence-corrected chi connectivity index (χ3v) is 3.27. The molecule has 0 saturated heterocycles. The highest BCUT2D eigenvalue weighted by molar-refractivity contribution is 5.98. The van der Waals surface area contributed by atoms with Crippen molar-refractivity contribution in [3.05, 3.63) is 66.4 Å². The average Bonchev–Trinajstić information content (AvgIpc) is 3.18. The molecule has 1 amide bonds. The number of aromatic amines is 1. The second kappa shape index (κ2) is 5.66. The topological polar surface area (TPSA) is 62.1 Å². The zero-order chi connectivity index (χ0) is 14.7. The second-order valence-electron chi connectivity index (χ2n) is 4.80. The fourth-order valence-electron chi connectivity index (χ4n) is 2.20. The van der Waals surface area contributed by atoms with Crippen molar-refractivity contribution < 1.29 is 9.21 Å². The van der Waals surface area contributed by atoms with Crippen LogP contribution in [0.2, 0.25) is 0 Å². The number of H-pyrrole nitrogens is 1. The normalized spacial score (nSPS) is 10.5. The zero-order valence-corrected chi connectivity index (χ0v) is 11.6. The van der Waals surface area contributed by atoms with Crippen molar-refractivity contribution in [1.29, 1.82) is 0 Å². The van der Waals surface area contributed by atoms with Crippen molar-refractivity contribution in [2.24, 2.45) is 0 Å². The Balaban J connectivity index is 1.84. The van der Waals surface area contributed by atoms with Crippen molar-refractivity contribution in [3.8, 4) is 11.1 Å². The molecule has 106 valence electrons. The van der Waals surface area contributed by atoms with Crippen LogP contribution in [-0.2, 0) is 6.54 Å². The molecular weight excluding hydrogens is 266 g/mol. The Morgan fingerprint density at radius 3 is 2.81 bits per heavy atom. The molecule has 0 atom stereocenters. The first-order valence-electron chi connectivity index (χ1n) is 6.62. The maximum Gasteiger partial charge on any atom is 0.290 e. The number of carbonyl (C=O) groups is 1. The number of benzene rings is 1. The van der Waals surface area contributed by atoms with Gasteiger partial charge in [0.25, 0.3) is 5.91 Å². The molecule has 0 aliphatic carbocycles. The predicted molar refractivity (Wildman–Crippen MR) is 78.5 cm³/mol. The summed E-state index contributed by atoms with van der Waals surface area (Å²) in [4.78, 5) is 14.1. The Kier molecular flexibility index (Phi) is 3.55. The van der Waals surface area contributed by atoms with E-state index in [9.17, 15) is 4.79 Å². The molecule has 0 radical (unpaired) electrons. The van der Waals surface area contributed by atoms with Gasteiger partial charge < -0.3 is 9.32 Å². The summed E-state index contributed by atoms with van der Waals surface area (Å²) in [7, 11) is 1.74. The minimum atomic E-state index is -0.153. The van der Waals surface area contributed by atoms with E-state index < -0.39 is 0 Å². The minimum Gasteiger partial charge on any atom is -0.459 e. The van der Waals surface area contributed by atoms with E-state index in [0.717, 1.165) is 16.7 Å². The molecule has 2 aromatic heterocycles. The van der Waals surface area contributed by atoms with E-state index >= 15 is 0 Å². The minimum absolute atomic E-state index is 0.153. The van der Waals surface area contributed by atoms with Gasteiger partial charge in [-0.1, -0.05) is 30.3 Å². The van der Waals surface area contributed by atoms with Crippen LogP contribution < -0.4 is 0 Å². The Labute approximate surface area is 122 Å². The monoisotopic (exact) mass is 281 g/mol. The van der Waals surface area contributed by atoms with E-state index in [1.54, 1.807) is 30.6 Å². The van der Waals surface area contributed by atoms with Gasteiger partial charge in [-0.15, -0.1) is 0 Å². The van der Waals surface area contributed by atoms with Gasteiger partial charge in [-0.2, -0.15) is 5.10 Å². The number of nitrogens with zero attached hydrogens (tertiary/aromatic N) is 2. The molecule has 21 heavy (non-hydrogen) atoms.